The van der Waals surface area contributed by atoms with E-state index in [1.54, 1.807) is 7.11 Å². The lowest BCUT2D eigenvalue weighted by atomic mass is 10.1. The minimum Gasteiger partial charge on any atom is -0.383 e. The molecule has 1 aromatic carbocycles. The van der Waals surface area contributed by atoms with Gasteiger partial charge in [-0.1, -0.05) is 30.3 Å². The smallest absolute Gasteiger partial charge is 0.0589 e. The van der Waals surface area contributed by atoms with Crippen molar-refractivity contribution in [2.24, 2.45) is 0 Å². The number of likely N-dealkylation sites (N-methyl/N-ethyl adjacent to an activating group) is 1. The molecule has 0 bridgehead atoms. The van der Waals surface area contributed by atoms with E-state index in [0.717, 1.165) is 39.2 Å². The van der Waals surface area contributed by atoms with E-state index in [-0.39, 0.29) is 0 Å². The first-order chi connectivity index (χ1) is 8.83. The lowest BCUT2D eigenvalue weighted by Gasteiger charge is -2.16. The van der Waals surface area contributed by atoms with Gasteiger partial charge >= 0.3 is 0 Å². The van der Waals surface area contributed by atoms with Gasteiger partial charge in [-0.25, -0.2) is 0 Å². The predicted octanol–water partition coefficient (Wildman–Crippen LogP) is 1.79. The maximum Gasteiger partial charge on any atom is 0.0589 e. The second-order valence-electron chi connectivity index (χ2n) is 4.64. The van der Waals surface area contributed by atoms with Crippen molar-refractivity contribution in [2.45, 2.75) is 12.8 Å². The highest BCUT2D eigenvalue weighted by Crippen LogP contribution is 2.01. The number of methoxy groups -OCH3 is 1. The van der Waals surface area contributed by atoms with Crippen LogP contribution in [0.15, 0.2) is 30.3 Å². The molecule has 1 rings (SSSR count). The zero-order chi connectivity index (χ0) is 13.1. The number of rotatable bonds is 10. The first-order valence-corrected chi connectivity index (χ1v) is 6.75. The molecule has 0 amide bonds. The minimum atomic E-state index is 0.810. The molecular weight excluding hydrogens is 224 g/mol. The maximum atomic E-state index is 5.04. The van der Waals surface area contributed by atoms with Gasteiger partial charge in [0.25, 0.3) is 0 Å². The lowest BCUT2D eigenvalue weighted by molar-refractivity contribution is 0.161. The number of nitrogens with zero attached hydrogens (tertiary/aromatic N) is 1. The molecular formula is C15H26N2O. The largest absolute Gasteiger partial charge is 0.383 e. The molecule has 0 atom stereocenters. The van der Waals surface area contributed by atoms with Crippen LogP contribution in [0.25, 0.3) is 0 Å². The average Bonchev–Trinajstić information content (AvgIpc) is 2.41. The normalized spacial score (nSPS) is 11.1. The van der Waals surface area contributed by atoms with Crippen molar-refractivity contribution in [3.05, 3.63) is 35.9 Å². The van der Waals surface area contributed by atoms with Gasteiger partial charge in [0.05, 0.1) is 6.61 Å². The Labute approximate surface area is 111 Å². The van der Waals surface area contributed by atoms with Gasteiger partial charge in [0, 0.05) is 26.7 Å². The Hall–Kier alpha value is -0.900. The minimum absolute atomic E-state index is 0.810. The molecule has 0 saturated carbocycles. The predicted molar refractivity (Wildman–Crippen MR) is 77.0 cm³/mol. The van der Waals surface area contributed by atoms with Gasteiger partial charge < -0.3 is 15.0 Å². The van der Waals surface area contributed by atoms with E-state index in [1.165, 1.54) is 12.0 Å². The molecule has 3 heteroatoms. The standard InChI is InChI=1S/C15H26N2O/c1-17(13-14-18-2)12-11-16-10-6-9-15-7-4-3-5-8-15/h3-5,7-8,16H,6,9-14H2,1-2H3. The van der Waals surface area contributed by atoms with Crippen molar-refractivity contribution in [1.29, 1.82) is 0 Å². The molecule has 0 aliphatic rings. The number of nitrogens with one attached hydrogen (secondary N) is 1. The topological polar surface area (TPSA) is 24.5 Å². The number of benzene rings is 1. The first kappa shape index (κ1) is 15.2. The van der Waals surface area contributed by atoms with Gasteiger partial charge in [0.1, 0.15) is 0 Å². The van der Waals surface area contributed by atoms with Crippen LogP contribution in [-0.4, -0.2) is 51.8 Å². The molecule has 0 spiro atoms. The third-order valence-electron chi connectivity index (χ3n) is 3.01. The van der Waals surface area contributed by atoms with Gasteiger partial charge in [-0.05, 0) is 32.0 Å². The van der Waals surface area contributed by atoms with Crippen molar-refractivity contribution in [1.82, 2.24) is 10.2 Å². The summed E-state index contributed by atoms with van der Waals surface area (Å²) in [6.45, 7) is 5.03. The van der Waals surface area contributed by atoms with Crippen LogP contribution in [0.3, 0.4) is 0 Å². The fourth-order valence-corrected chi connectivity index (χ4v) is 1.82. The maximum absolute atomic E-state index is 5.04. The van der Waals surface area contributed by atoms with Crippen LogP contribution in [0.4, 0.5) is 0 Å². The molecule has 0 aliphatic heterocycles. The van der Waals surface area contributed by atoms with E-state index < -0.39 is 0 Å². The number of aryl methyl sites for hydroxylation is 1. The fraction of sp³-hybridized carbons (Fsp3) is 0.600. The zero-order valence-corrected chi connectivity index (χ0v) is 11.7. The van der Waals surface area contributed by atoms with Gasteiger partial charge in [-0.2, -0.15) is 0 Å². The van der Waals surface area contributed by atoms with E-state index in [9.17, 15) is 0 Å². The van der Waals surface area contributed by atoms with Crippen molar-refractivity contribution in [3.63, 3.8) is 0 Å². The van der Waals surface area contributed by atoms with Crippen molar-refractivity contribution in [3.8, 4) is 0 Å². The molecule has 1 N–H and O–H groups in total. The molecule has 0 aliphatic carbocycles. The summed E-state index contributed by atoms with van der Waals surface area (Å²) in [4.78, 5) is 2.29. The molecule has 1 aromatic rings. The molecule has 0 heterocycles. The first-order valence-electron chi connectivity index (χ1n) is 6.75. The third kappa shape index (κ3) is 7.43. The SMILES string of the molecule is COCCN(C)CCNCCCc1ccccc1. The summed E-state index contributed by atoms with van der Waals surface area (Å²) in [5.41, 5.74) is 1.43. The second-order valence-corrected chi connectivity index (χ2v) is 4.64. The van der Waals surface area contributed by atoms with Gasteiger partial charge in [-0.15, -0.1) is 0 Å². The zero-order valence-electron chi connectivity index (χ0n) is 11.7. The van der Waals surface area contributed by atoms with E-state index in [1.807, 2.05) is 0 Å². The number of hydrogen-bond acceptors (Lipinski definition) is 3. The highest BCUT2D eigenvalue weighted by Gasteiger charge is 1.97. The quantitative estimate of drug-likeness (QED) is 0.641. The van der Waals surface area contributed by atoms with Gasteiger partial charge in [0.15, 0.2) is 0 Å². The van der Waals surface area contributed by atoms with Crippen molar-refractivity contribution in [2.75, 3.05) is 46.9 Å². The van der Waals surface area contributed by atoms with E-state index in [4.69, 9.17) is 4.74 Å². The van der Waals surface area contributed by atoms with Gasteiger partial charge in [-0.3, -0.25) is 0 Å². The summed E-state index contributed by atoms with van der Waals surface area (Å²) in [5, 5.41) is 3.48. The van der Waals surface area contributed by atoms with Crippen LogP contribution < -0.4 is 5.32 Å². The Kier molecular flexibility index (Phi) is 8.47. The Morgan fingerprint density at radius 1 is 1.11 bits per heavy atom. The number of ether oxygens (including phenoxy) is 1. The molecule has 3 nitrogen and oxygen atoms in total. The average molecular weight is 250 g/mol. The van der Waals surface area contributed by atoms with E-state index in [0.29, 0.717) is 0 Å². The fourth-order valence-electron chi connectivity index (χ4n) is 1.82. The molecule has 0 radical (unpaired) electrons. The molecule has 0 fully saturated rings. The summed E-state index contributed by atoms with van der Waals surface area (Å²) < 4.78 is 5.04. The van der Waals surface area contributed by atoms with Crippen LogP contribution in [0.2, 0.25) is 0 Å². The summed E-state index contributed by atoms with van der Waals surface area (Å²) in [6.07, 6.45) is 2.36. The van der Waals surface area contributed by atoms with Crippen LogP contribution >= 0.6 is 0 Å². The second kappa shape index (κ2) is 10.1. The van der Waals surface area contributed by atoms with Crippen molar-refractivity contribution < 1.29 is 4.74 Å². The summed E-state index contributed by atoms with van der Waals surface area (Å²) >= 11 is 0. The molecule has 0 saturated heterocycles. The number of hydrogen-bond donors (Lipinski definition) is 1. The van der Waals surface area contributed by atoms with Crippen LogP contribution in [-0.2, 0) is 11.2 Å². The highest BCUT2D eigenvalue weighted by atomic mass is 16.5. The van der Waals surface area contributed by atoms with E-state index in [2.05, 4.69) is 47.6 Å². The van der Waals surface area contributed by atoms with Crippen LogP contribution in [0.5, 0.6) is 0 Å². The molecule has 102 valence electrons. The Balaban J connectivity index is 1.93. The summed E-state index contributed by atoms with van der Waals surface area (Å²) in [7, 11) is 3.88. The highest BCUT2D eigenvalue weighted by molar-refractivity contribution is 5.14. The summed E-state index contributed by atoms with van der Waals surface area (Å²) in [5.74, 6) is 0. The lowest BCUT2D eigenvalue weighted by Crippen LogP contribution is -2.31. The molecule has 18 heavy (non-hydrogen) atoms. The van der Waals surface area contributed by atoms with E-state index >= 15 is 0 Å². The Bertz CT molecular complexity index is 290. The van der Waals surface area contributed by atoms with Crippen molar-refractivity contribution >= 4 is 0 Å². The molecule has 0 unspecified atom stereocenters. The van der Waals surface area contributed by atoms with Gasteiger partial charge in [0.2, 0.25) is 0 Å². The summed E-state index contributed by atoms with van der Waals surface area (Å²) in [6, 6.07) is 10.7. The molecule has 0 aromatic heterocycles. The van der Waals surface area contributed by atoms with Crippen LogP contribution in [0.1, 0.15) is 12.0 Å². The monoisotopic (exact) mass is 250 g/mol. The third-order valence-corrected chi connectivity index (χ3v) is 3.01. The Morgan fingerprint density at radius 3 is 2.61 bits per heavy atom. The Morgan fingerprint density at radius 2 is 1.89 bits per heavy atom. The van der Waals surface area contributed by atoms with Crippen LogP contribution in [0, 0.1) is 0 Å².